The number of quaternary nitrogens is 1. The van der Waals surface area contributed by atoms with Crippen LogP contribution in [-0.4, -0.2) is 24.8 Å². The zero-order valence-corrected chi connectivity index (χ0v) is 12.5. The Hall–Kier alpha value is -1.35. The highest BCUT2D eigenvalue weighted by atomic mass is 35.5. The second-order valence-electron chi connectivity index (χ2n) is 4.91. The van der Waals surface area contributed by atoms with Gasteiger partial charge in [-0.15, -0.1) is 0 Å². The van der Waals surface area contributed by atoms with Gasteiger partial charge in [0.25, 0.3) is 0 Å². The van der Waals surface area contributed by atoms with E-state index < -0.39 is 0 Å². The molecule has 2 aromatic carbocycles. The summed E-state index contributed by atoms with van der Waals surface area (Å²) in [5.41, 5.74) is 2.53. The number of benzene rings is 2. The van der Waals surface area contributed by atoms with Crippen LogP contribution in [0.1, 0.15) is 23.5 Å². The first-order chi connectivity index (χ1) is 9.31. The zero-order chi connectivity index (χ0) is 13.5. The lowest BCUT2D eigenvalue weighted by atomic mass is 9.86. The molecule has 0 saturated heterocycles. The molecular weight excluding hydrogens is 270 g/mol. The average molecular weight is 292 g/mol. The van der Waals surface area contributed by atoms with Gasteiger partial charge in [-0.25, -0.2) is 0 Å². The molecule has 0 saturated carbocycles. The highest BCUT2D eigenvalue weighted by Gasteiger charge is 2.18. The maximum absolute atomic E-state index is 10.1. The highest BCUT2D eigenvalue weighted by molar-refractivity contribution is 5.32. The quantitative estimate of drug-likeness (QED) is 0.687. The molecule has 1 unspecified atom stereocenters. The van der Waals surface area contributed by atoms with E-state index in [1.54, 1.807) is 0 Å². The normalized spacial score (nSPS) is 11.9. The molecule has 0 heterocycles. The molecule has 0 radical (unpaired) electrons. The maximum atomic E-state index is 10.1. The third-order valence-corrected chi connectivity index (χ3v) is 3.42. The van der Waals surface area contributed by atoms with Crippen LogP contribution in [0.3, 0.4) is 0 Å². The van der Waals surface area contributed by atoms with Crippen molar-refractivity contribution in [1.29, 1.82) is 0 Å². The van der Waals surface area contributed by atoms with Crippen LogP contribution in [0, 0.1) is 0 Å². The van der Waals surface area contributed by atoms with Gasteiger partial charge in [0.05, 0.1) is 7.05 Å². The van der Waals surface area contributed by atoms with Crippen LogP contribution < -0.4 is 17.7 Å². The lowest BCUT2D eigenvalue weighted by molar-refractivity contribution is -0.633. The third-order valence-electron chi connectivity index (χ3n) is 3.42. The Morgan fingerprint density at radius 2 is 1.35 bits per heavy atom. The van der Waals surface area contributed by atoms with Gasteiger partial charge in [0.15, 0.2) is 0 Å². The van der Waals surface area contributed by atoms with Crippen molar-refractivity contribution in [2.75, 3.05) is 13.6 Å². The predicted molar refractivity (Wildman–Crippen MR) is 78.1 cm³/mol. The number of hydrogen-bond acceptors (Lipinski definition) is 1. The predicted octanol–water partition coefficient (Wildman–Crippen LogP) is -1.23. The Morgan fingerprint density at radius 1 is 0.900 bits per heavy atom. The summed E-state index contributed by atoms with van der Waals surface area (Å²) in [6, 6.07) is 20.9. The smallest absolute Gasteiger partial charge is 0.104 e. The van der Waals surface area contributed by atoms with Crippen LogP contribution in [0.15, 0.2) is 60.7 Å². The van der Waals surface area contributed by atoms with Gasteiger partial charge >= 0.3 is 0 Å². The van der Waals surface area contributed by atoms with Crippen LogP contribution >= 0.6 is 0 Å². The fourth-order valence-corrected chi connectivity index (χ4v) is 2.48. The van der Waals surface area contributed by atoms with E-state index in [0.717, 1.165) is 13.0 Å². The van der Waals surface area contributed by atoms with E-state index >= 15 is 0 Å². The number of halogens is 1. The van der Waals surface area contributed by atoms with Gasteiger partial charge in [-0.2, -0.15) is 0 Å². The molecule has 3 heteroatoms. The maximum Gasteiger partial charge on any atom is 0.104 e. The first-order valence-electron chi connectivity index (χ1n) is 6.87. The summed E-state index contributed by atoms with van der Waals surface area (Å²) in [5, 5.41) is 12.1. The Balaban J connectivity index is 0.00000200. The molecular formula is C17H22ClNO. The molecule has 0 amide bonds. The second kappa shape index (κ2) is 8.75. The van der Waals surface area contributed by atoms with Gasteiger partial charge in [-0.1, -0.05) is 60.7 Å². The number of aliphatic hydroxyl groups excluding tert-OH is 1. The van der Waals surface area contributed by atoms with E-state index in [0.29, 0.717) is 0 Å². The summed E-state index contributed by atoms with van der Waals surface area (Å²) in [6.45, 7) is 0.746. The first kappa shape index (κ1) is 16.7. The minimum Gasteiger partial charge on any atom is -1.00 e. The molecule has 0 aliphatic heterocycles. The lowest BCUT2D eigenvalue weighted by Gasteiger charge is -2.20. The Labute approximate surface area is 127 Å². The average Bonchev–Trinajstić information content (AvgIpc) is 2.47. The molecule has 2 nitrogen and oxygen atoms in total. The number of aliphatic hydroxyl groups is 1. The summed E-state index contributed by atoms with van der Waals surface area (Å²) in [5.74, 6) is 0.261. The van der Waals surface area contributed by atoms with Crippen molar-refractivity contribution in [3.8, 4) is 0 Å². The van der Waals surface area contributed by atoms with Crippen molar-refractivity contribution in [1.82, 2.24) is 0 Å². The van der Waals surface area contributed by atoms with E-state index in [1.165, 1.54) is 11.1 Å². The van der Waals surface area contributed by atoms with Gasteiger partial charge in [-0.3, -0.25) is 0 Å². The van der Waals surface area contributed by atoms with E-state index in [2.05, 4.69) is 48.5 Å². The largest absolute Gasteiger partial charge is 1.00 e. The summed E-state index contributed by atoms with van der Waals surface area (Å²) in [6.07, 6.45) is 0.480. The van der Waals surface area contributed by atoms with E-state index in [-0.39, 0.29) is 24.4 Å². The molecule has 0 aliphatic rings. The highest BCUT2D eigenvalue weighted by Crippen LogP contribution is 2.28. The van der Waals surface area contributed by atoms with Crippen molar-refractivity contribution < 1.29 is 22.8 Å². The van der Waals surface area contributed by atoms with Gasteiger partial charge in [0, 0.05) is 5.92 Å². The fourth-order valence-electron chi connectivity index (χ4n) is 2.48. The van der Waals surface area contributed by atoms with Gasteiger partial charge in [0.2, 0.25) is 0 Å². The van der Waals surface area contributed by atoms with Crippen molar-refractivity contribution in [2.24, 2.45) is 0 Å². The van der Waals surface area contributed by atoms with Crippen molar-refractivity contribution >= 4 is 0 Å². The SMILES string of the molecule is C[NH2+]CC(O)CC(c1ccccc1)c1ccccc1.[Cl-]. The minimum atomic E-state index is -0.282. The third kappa shape index (κ3) is 4.64. The van der Waals surface area contributed by atoms with Crippen molar-refractivity contribution in [3.63, 3.8) is 0 Å². The molecule has 20 heavy (non-hydrogen) atoms. The van der Waals surface area contributed by atoms with Gasteiger partial charge in [0.1, 0.15) is 12.6 Å². The van der Waals surface area contributed by atoms with Gasteiger partial charge < -0.3 is 22.8 Å². The monoisotopic (exact) mass is 291 g/mol. The Kier molecular flexibility index (Phi) is 7.31. The first-order valence-corrected chi connectivity index (χ1v) is 6.87. The summed E-state index contributed by atoms with van der Waals surface area (Å²) in [7, 11) is 1.99. The van der Waals surface area contributed by atoms with E-state index in [4.69, 9.17) is 0 Å². The van der Waals surface area contributed by atoms with Crippen LogP contribution in [0.4, 0.5) is 0 Å². The van der Waals surface area contributed by atoms with Crippen LogP contribution in [0.5, 0.6) is 0 Å². The number of nitrogens with two attached hydrogens (primary N) is 1. The summed E-state index contributed by atoms with van der Waals surface area (Å²) < 4.78 is 0. The molecule has 0 aliphatic carbocycles. The zero-order valence-electron chi connectivity index (χ0n) is 11.7. The number of likely N-dealkylation sites (N-methyl/N-ethyl adjacent to an activating group) is 1. The van der Waals surface area contributed by atoms with Gasteiger partial charge in [-0.05, 0) is 17.5 Å². The van der Waals surface area contributed by atoms with Crippen LogP contribution in [0.25, 0.3) is 0 Å². The van der Waals surface area contributed by atoms with E-state index in [9.17, 15) is 5.11 Å². The molecule has 0 bridgehead atoms. The fraction of sp³-hybridized carbons (Fsp3) is 0.294. The minimum absolute atomic E-state index is 0. The molecule has 108 valence electrons. The van der Waals surface area contributed by atoms with Crippen molar-refractivity contribution in [3.05, 3.63) is 71.8 Å². The molecule has 3 N–H and O–H groups in total. The molecule has 0 aromatic heterocycles. The Bertz CT molecular complexity index is 435. The van der Waals surface area contributed by atoms with Crippen LogP contribution in [-0.2, 0) is 0 Å². The molecule has 0 fully saturated rings. The van der Waals surface area contributed by atoms with Crippen LogP contribution in [0.2, 0.25) is 0 Å². The Morgan fingerprint density at radius 3 is 1.75 bits per heavy atom. The molecule has 1 atom stereocenters. The topological polar surface area (TPSA) is 36.8 Å². The molecule has 2 aromatic rings. The standard InChI is InChI=1S/C17H21NO.ClH/c1-18-13-16(19)12-17(14-8-4-2-5-9-14)15-10-6-3-7-11-15;/h2-11,16-19H,12-13H2,1H3;1H. The molecule has 2 rings (SSSR count). The van der Waals surface area contributed by atoms with E-state index in [1.807, 2.05) is 24.5 Å². The number of hydrogen-bond donors (Lipinski definition) is 2. The molecule has 0 spiro atoms. The van der Waals surface area contributed by atoms with Crippen molar-refractivity contribution in [2.45, 2.75) is 18.4 Å². The summed E-state index contributed by atoms with van der Waals surface area (Å²) in [4.78, 5) is 0. The lowest BCUT2D eigenvalue weighted by Crippen LogP contribution is -3.00. The number of rotatable bonds is 6. The second-order valence-corrected chi connectivity index (χ2v) is 4.91. The summed E-state index contributed by atoms with van der Waals surface area (Å²) >= 11 is 0.